The summed E-state index contributed by atoms with van der Waals surface area (Å²) < 4.78 is 0. The first-order chi connectivity index (χ1) is 12.6. The van der Waals surface area contributed by atoms with Gasteiger partial charge in [0.25, 0.3) is 0 Å². The number of allylic oxidation sites excluding steroid dienone is 1. The maximum atomic E-state index is 12.7. The maximum absolute atomic E-state index is 12.7. The van der Waals surface area contributed by atoms with Crippen LogP contribution in [-0.4, -0.2) is 23.4 Å². The van der Waals surface area contributed by atoms with Crippen LogP contribution in [0.25, 0.3) is 0 Å². The number of carbonyl (C=O) groups is 3. The molecule has 1 rings (SSSR count). The first-order valence-corrected chi connectivity index (χ1v) is 9.99. The van der Waals surface area contributed by atoms with Gasteiger partial charge in [-0.25, -0.2) is 0 Å². The summed E-state index contributed by atoms with van der Waals surface area (Å²) in [7, 11) is 0. The van der Waals surface area contributed by atoms with Crippen LogP contribution in [0.5, 0.6) is 0 Å². The number of amides is 3. The average molecular weight is 392 g/mol. The van der Waals surface area contributed by atoms with Crippen molar-refractivity contribution < 1.29 is 14.4 Å². The quantitative estimate of drug-likeness (QED) is 0.607. The molecule has 0 aromatic carbocycles. The van der Waals surface area contributed by atoms with E-state index in [2.05, 4.69) is 29.8 Å². The van der Waals surface area contributed by atoms with Gasteiger partial charge in [-0.3, -0.25) is 14.4 Å². The molecule has 0 aromatic heterocycles. The predicted molar refractivity (Wildman–Crippen MR) is 112 cm³/mol. The minimum Gasteiger partial charge on any atom is -0.330 e. The van der Waals surface area contributed by atoms with E-state index in [-0.39, 0.29) is 17.7 Å². The molecule has 6 heteroatoms. The molecule has 1 aliphatic carbocycles. The Hall–Kier alpha value is -2.11. The van der Waals surface area contributed by atoms with Gasteiger partial charge in [-0.1, -0.05) is 61.5 Å². The molecule has 0 spiro atoms. The summed E-state index contributed by atoms with van der Waals surface area (Å²) in [4.78, 5) is 37.6. The van der Waals surface area contributed by atoms with Crippen LogP contribution in [0.4, 0.5) is 0 Å². The molecule has 3 N–H and O–H groups in total. The second-order valence-corrected chi connectivity index (χ2v) is 10.1. The second kappa shape index (κ2) is 8.93. The fraction of sp³-hybridized carbons (Fsp3) is 0.682. The van der Waals surface area contributed by atoms with Gasteiger partial charge >= 0.3 is 0 Å². The third-order valence-electron chi connectivity index (χ3n) is 4.41. The fourth-order valence-electron chi connectivity index (χ4n) is 2.47. The zero-order valence-corrected chi connectivity index (χ0v) is 18.7. The van der Waals surface area contributed by atoms with Crippen LogP contribution in [0.1, 0.15) is 74.7 Å². The number of nitrogens with one attached hydrogen (secondary N) is 3. The van der Waals surface area contributed by atoms with E-state index in [1.807, 2.05) is 47.6 Å². The number of hydrogen-bond acceptors (Lipinski definition) is 3. The largest absolute Gasteiger partial charge is 0.330 e. The molecule has 1 atom stereocenters. The van der Waals surface area contributed by atoms with E-state index in [0.29, 0.717) is 24.5 Å². The summed E-state index contributed by atoms with van der Waals surface area (Å²) in [5.74, 6) is -0.0255. The number of rotatable bonds is 6. The molecule has 1 aliphatic rings. The van der Waals surface area contributed by atoms with Crippen molar-refractivity contribution in [1.82, 2.24) is 16.0 Å². The molecule has 28 heavy (non-hydrogen) atoms. The van der Waals surface area contributed by atoms with Crippen molar-refractivity contribution in [3.63, 3.8) is 0 Å². The molecule has 0 aliphatic heterocycles. The second-order valence-electron chi connectivity index (χ2n) is 10.1. The molecule has 0 aromatic rings. The van der Waals surface area contributed by atoms with Crippen molar-refractivity contribution in [2.45, 2.75) is 80.3 Å². The minimum atomic E-state index is -1.06. The third-order valence-corrected chi connectivity index (χ3v) is 4.41. The standard InChI is InChI=1S/C22H37N3O3/c1-15(2)11-12-17(26)24-22(25-19(28)21(6,7)8)13-9-10-16(14-22)23-18(27)20(3,4)5/h9-10,14-15H,11-13H2,1-8H3,(H,23,27)(H,24,26)(H,25,28). The fourth-order valence-corrected chi connectivity index (χ4v) is 2.47. The minimum absolute atomic E-state index is 0.129. The van der Waals surface area contributed by atoms with Crippen LogP contribution in [-0.2, 0) is 14.4 Å². The molecular formula is C22H37N3O3. The highest BCUT2D eigenvalue weighted by molar-refractivity contribution is 5.85. The van der Waals surface area contributed by atoms with E-state index >= 15 is 0 Å². The SMILES string of the molecule is CC(C)CCC(=O)NC1(NC(=O)C(C)(C)C)C=C(NC(=O)C(C)(C)C)C=CC1. The number of carbonyl (C=O) groups excluding carboxylic acids is 3. The van der Waals surface area contributed by atoms with Crippen LogP contribution in [0.3, 0.4) is 0 Å². The monoisotopic (exact) mass is 391 g/mol. The maximum Gasteiger partial charge on any atom is 0.229 e. The Morgan fingerprint density at radius 2 is 1.57 bits per heavy atom. The van der Waals surface area contributed by atoms with Crippen molar-refractivity contribution in [3.05, 3.63) is 23.9 Å². The highest BCUT2D eigenvalue weighted by Gasteiger charge is 2.36. The zero-order valence-electron chi connectivity index (χ0n) is 18.7. The third kappa shape index (κ3) is 7.49. The van der Waals surface area contributed by atoms with Crippen molar-refractivity contribution in [2.24, 2.45) is 16.7 Å². The van der Waals surface area contributed by atoms with Crippen LogP contribution in [0.2, 0.25) is 0 Å². The van der Waals surface area contributed by atoms with Gasteiger partial charge in [0.15, 0.2) is 0 Å². The Morgan fingerprint density at radius 3 is 2.07 bits per heavy atom. The zero-order chi connectivity index (χ0) is 21.8. The lowest BCUT2D eigenvalue weighted by atomic mass is 9.91. The highest BCUT2D eigenvalue weighted by Crippen LogP contribution is 2.23. The summed E-state index contributed by atoms with van der Waals surface area (Å²) in [5.41, 5.74) is -1.67. The Balaban J connectivity index is 3.12. The smallest absolute Gasteiger partial charge is 0.229 e. The van der Waals surface area contributed by atoms with Gasteiger partial charge in [-0.15, -0.1) is 0 Å². The highest BCUT2D eigenvalue weighted by atomic mass is 16.2. The Kier molecular flexibility index (Phi) is 7.63. The van der Waals surface area contributed by atoms with Gasteiger partial charge in [-0.2, -0.15) is 0 Å². The van der Waals surface area contributed by atoms with Gasteiger partial charge in [0.2, 0.25) is 17.7 Å². The first kappa shape index (κ1) is 23.9. The van der Waals surface area contributed by atoms with Crippen molar-refractivity contribution in [2.75, 3.05) is 0 Å². The van der Waals surface area contributed by atoms with Crippen LogP contribution in [0, 0.1) is 16.7 Å². The Morgan fingerprint density at radius 1 is 1.00 bits per heavy atom. The van der Waals surface area contributed by atoms with Gasteiger partial charge < -0.3 is 16.0 Å². The van der Waals surface area contributed by atoms with E-state index in [9.17, 15) is 14.4 Å². The molecule has 0 radical (unpaired) electrons. The van der Waals surface area contributed by atoms with Gasteiger partial charge in [-0.05, 0) is 24.5 Å². The van der Waals surface area contributed by atoms with Crippen LogP contribution in [0.15, 0.2) is 23.9 Å². The van der Waals surface area contributed by atoms with Crippen LogP contribution < -0.4 is 16.0 Å². The Bertz CT molecular complexity index is 663. The molecule has 0 bridgehead atoms. The molecule has 0 saturated heterocycles. The Labute approximate surface area is 169 Å². The summed E-state index contributed by atoms with van der Waals surface area (Å²) >= 11 is 0. The van der Waals surface area contributed by atoms with Crippen molar-refractivity contribution in [1.29, 1.82) is 0 Å². The molecule has 0 saturated carbocycles. The van der Waals surface area contributed by atoms with E-state index < -0.39 is 16.5 Å². The summed E-state index contributed by atoms with van der Waals surface area (Å²) in [6, 6.07) is 0. The average Bonchev–Trinajstić information content (AvgIpc) is 2.51. The van der Waals surface area contributed by atoms with E-state index in [0.717, 1.165) is 6.42 Å². The van der Waals surface area contributed by atoms with Gasteiger partial charge in [0.1, 0.15) is 5.66 Å². The van der Waals surface area contributed by atoms with E-state index in [1.165, 1.54) is 0 Å². The van der Waals surface area contributed by atoms with E-state index in [4.69, 9.17) is 0 Å². The van der Waals surface area contributed by atoms with Crippen LogP contribution >= 0.6 is 0 Å². The topological polar surface area (TPSA) is 87.3 Å². The van der Waals surface area contributed by atoms with Crippen molar-refractivity contribution in [3.8, 4) is 0 Å². The van der Waals surface area contributed by atoms with Gasteiger partial charge in [0.05, 0.1) is 0 Å². The normalized spacial score (nSPS) is 19.8. The summed E-state index contributed by atoms with van der Waals surface area (Å²) in [5, 5.41) is 8.85. The first-order valence-electron chi connectivity index (χ1n) is 9.99. The molecule has 1 unspecified atom stereocenters. The lowest BCUT2D eigenvalue weighted by Crippen LogP contribution is -2.62. The summed E-state index contributed by atoms with van der Waals surface area (Å²) in [6.07, 6.45) is 6.94. The lowest BCUT2D eigenvalue weighted by molar-refractivity contribution is -0.131. The molecule has 3 amide bonds. The van der Waals surface area contributed by atoms with Gasteiger partial charge in [0, 0.05) is 29.4 Å². The lowest BCUT2D eigenvalue weighted by Gasteiger charge is -2.37. The molecule has 158 valence electrons. The molecular weight excluding hydrogens is 354 g/mol. The summed E-state index contributed by atoms with van der Waals surface area (Å²) in [6.45, 7) is 15.1. The number of hydrogen-bond donors (Lipinski definition) is 3. The molecule has 0 fully saturated rings. The molecule has 0 heterocycles. The van der Waals surface area contributed by atoms with E-state index in [1.54, 1.807) is 12.2 Å². The molecule has 6 nitrogen and oxygen atoms in total. The van der Waals surface area contributed by atoms with Crippen molar-refractivity contribution >= 4 is 17.7 Å². The predicted octanol–water partition coefficient (Wildman–Crippen LogP) is 3.40.